The van der Waals surface area contributed by atoms with Crippen LogP contribution in [0.15, 0.2) is 24.3 Å². The third-order valence-corrected chi connectivity index (χ3v) is 3.63. The van der Waals surface area contributed by atoms with E-state index >= 15 is 0 Å². The molecule has 0 saturated carbocycles. The minimum Gasteiger partial charge on any atom is -0.212 e. The zero-order chi connectivity index (χ0) is 11.5. The number of halogens is 1. The number of rotatable bonds is 4. The van der Waals surface area contributed by atoms with Gasteiger partial charge in [0.2, 0.25) is 10.0 Å². The average Bonchev–Trinajstić information content (AvgIpc) is 2.12. The molecule has 0 atom stereocenters. The molecule has 0 N–H and O–H groups in total. The Labute approximate surface area is 95.7 Å². The molecule has 0 spiro atoms. The first kappa shape index (κ1) is 12.5. The van der Waals surface area contributed by atoms with E-state index in [0.717, 1.165) is 5.56 Å². The summed E-state index contributed by atoms with van der Waals surface area (Å²) in [4.78, 5) is 0. The van der Waals surface area contributed by atoms with Crippen molar-refractivity contribution in [2.75, 3.05) is 12.8 Å². The summed E-state index contributed by atoms with van der Waals surface area (Å²) in [6, 6.07) is 7.21. The predicted octanol–water partition coefficient (Wildman–Crippen LogP) is 2.12. The summed E-state index contributed by atoms with van der Waals surface area (Å²) in [6.07, 6.45) is 1.21. The van der Waals surface area contributed by atoms with Gasteiger partial charge in [-0.05, 0) is 17.7 Å². The number of benzene rings is 1. The predicted molar refractivity (Wildman–Crippen MR) is 62.4 cm³/mol. The molecule has 0 aliphatic rings. The summed E-state index contributed by atoms with van der Waals surface area (Å²) in [5, 5.41) is 0.622. The number of nitrogens with zero attached hydrogens (tertiary/aromatic N) is 1. The molecule has 84 valence electrons. The maximum atomic E-state index is 11.3. The molecule has 5 heteroatoms. The lowest BCUT2D eigenvalue weighted by Crippen LogP contribution is -2.29. The van der Waals surface area contributed by atoms with Crippen LogP contribution in [0.3, 0.4) is 0 Å². The van der Waals surface area contributed by atoms with Crippen LogP contribution in [0.4, 0.5) is 0 Å². The van der Waals surface area contributed by atoms with E-state index < -0.39 is 10.0 Å². The molecule has 0 aromatic heterocycles. The highest BCUT2D eigenvalue weighted by Crippen LogP contribution is 2.13. The fraction of sp³-hybridized carbons (Fsp3) is 0.400. The molecule has 0 fully saturated rings. The van der Waals surface area contributed by atoms with Crippen molar-refractivity contribution in [2.45, 2.75) is 13.5 Å². The van der Waals surface area contributed by atoms with E-state index in [9.17, 15) is 8.42 Å². The molecule has 3 nitrogen and oxygen atoms in total. The summed E-state index contributed by atoms with van der Waals surface area (Å²) in [7, 11) is -3.14. The van der Waals surface area contributed by atoms with Crippen molar-refractivity contribution in [2.24, 2.45) is 0 Å². The Bertz CT molecular complexity index is 431. The lowest BCUT2D eigenvalue weighted by molar-refractivity contribution is 0.428. The Hall–Kier alpha value is -0.580. The summed E-state index contributed by atoms with van der Waals surface area (Å²) >= 11 is 5.82. The fourth-order valence-electron chi connectivity index (χ4n) is 1.30. The highest BCUT2D eigenvalue weighted by atomic mass is 35.5. The highest BCUT2D eigenvalue weighted by Gasteiger charge is 2.14. The van der Waals surface area contributed by atoms with Gasteiger partial charge in [0.1, 0.15) is 0 Å². The minimum atomic E-state index is -3.14. The van der Waals surface area contributed by atoms with Gasteiger partial charge in [0.25, 0.3) is 0 Å². The smallest absolute Gasteiger partial charge is 0.211 e. The van der Waals surface area contributed by atoms with Gasteiger partial charge in [-0.2, -0.15) is 4.31 Å². The van der Waals surface area contributed by atoms with Gasteiger partial charge in [0, 0.05) is 18.1 Å². The summed E-state index contributed by atoms with van der Waals surface area (Å²) in [5.41, 5.74) is 0.898. The van der Waals surface area contributed by atoms with Crippen molar-refractivity contribution in [3.63, 3.8) is 0 Å². The summed E-state index contributed by atoms with van der Waals surface area (Å²) in [5.74, 6) is 0. The Balaban J connectivity index is 2.85. The molecule has 0 bridgehead atoms. The molecule has 0 saturated heterocycles. The van der Waals surface area contributed by atoms with Crippen LogP contribution in [-0.2, 0) is 16.6 Å². The molecule has 1 aromatic rings. The molecular formula is C10H14ClNO2S. The van der Waals surface area contributed by atoms with Crippen LogP contribution in [0.25, 0.3) is 0 Å². The number of hydrogen-bond donors (Lipinski definition) is 0. The van der Waals surface area contributed by atoms with E-state index in [2.05, 4.69) is 0 Å². The molecule has 0 radical (unpaired) electrons. The summed E-state index contributed by atoms with van der Waals surface area (Å²) < 4.78 is 24.1. The SMILES string of the molecule is CCN(Cc1cccc(Cl)c1)S(C)(=O)=O. The zero-order valence-corrected chi connectivity index (χ0v) is 10.3. The van der Waals surface area contributed by atoms with Gasteiger partial charge in [-0.15, -0.1) is 0 Å². The largest absolute Gasteiger partial charge is 0.212 e. The van der Waals surface area contributed by atoms with Crippen molar-refractivity contribution >= 4 is 21.6 Å². The molecule has 0 aliphatic heterocycles. The van der Waals surface area contributed by atoms with Crippen LogP contribution in [0, 0.1) is 0 Å². The van der Waals surface area contributed by atoms with E-state index in [4.69, 9.17) is 11.6 Å². The highest BCUT2D eigenvalue weighted by molar-refractivity contribution is 7.88. The Morgan fingerprint density at radius 2 is 2.07 bits per heavy atom. The third-order valence-electron chi connectivity index (χ3n) is 2.07. The van der Waals surface area contributed by atoms with Crippen LogP contribution in [0.2, 0.25) is 5.02 Å². The van der Waals surface area contributed by atoms with Gasteiger partial charge in [-0.3, -0.25) is 0 Å². The van der Waals surface area contributed by atoms with Crippen molar-refractivity contribution in [1.29, 1.82) is 0 Å². The van der Waals surface area contributed by atoms with Gasteiger partial charge >= 0.3 is 0 Å². The quantitative estimate of drug-likeness (QED) is 0.817. The maximum absolute atomic E-state index is 11.3. The topological polar surface area (TPSA) is 37.4 Å². The first-order valence-corrected chi connectivity index (χ1v) is 6.85. The second-order valence-electron chi connectivity index (χ2n) is 3.32. The van der Waals surface area contributed by atoms with Crippen LogP contribution in [0.5, 0.6) is 0 Å². The first-order chi connectivity index (χ1) is 6.93. The normalized spacial score (nSPS) is 12.0. The van der Waals surface area contributed by atoms with Gasteiger partial charge in [0.05, 0.1) is 6.26 Å². The van der Waals surface area contributed by atoms with E-state index in [-0.39, 0.29) is 0 Å². The van der Waals surface area contributed by atoms with Gasteiger partial charge in [0.15, 0.2) is 0 Å². The maximum Gasteiger partial charge on any atom is 0.211 e. The average molecular weight is 248 g/mol. The zero-order valence-electron chi connectivity index (χ0n) is 8.77. The third kappa shape index (κ3) is 3.81. The van der Waals surface area contributed by atoms with E-state index in [1.807, 2.05) is 19.1 Å². The lowest BCUT2D eigenvalue weighted by Gasteiger charge is -2.17. The van der Waals surface area contributed by atoms with Crippen molar-refractivity contribution < 1.29 is 8.42 Å². The molecule has 0 aliphatic carbocycles. The van der Waals surface area contributed by atoms with Crippen LogP contribution in [-0.4, -0.2) is 25.5 Å². The van der Waals surface area contributed by atoms with Crippen molar-refractivity contribution in [1.82, 2.24) is 4.31 Å². The van der Waals surface area contributed by atoms with Gasteiger partial charge in [-0.25, -0.2) is 8.42 Å². The van der Waals surface area contributed by atoms with E-state index in [1.54, 1.807) is 12.1 Å². The number of sulfonamides is 1. The van der Waals surface area contributed by atoms with Gasteiger partial charge < -0.3 is 0 Å². The molecular weight excluding hydrogens is 234 g/mol. The Kier molecular flexibility index (Phi) is 4.13. The Morgan fingerprint density at radius 3 is 2.53 bits per heavy atom. The van der Waals surface area contributed by atoms with E-state index in [0.29, 0.717) is 18.1 Å². The van der Waals surface area contributed by atoms with E-state index in [1.165, 1.54) is 10.6 Å². The second kappa shape index (κ2) is 4.96. The Morgan fingerprint density at radius 1 is 1.40 bits per heavy atom. The van der Waals surface area contributed by atoms with Crippen molar-refractivity contribution in [3.8, 4) is 0 Å². The number of hydrogen-bond acceptors (Lipinski definition) is 2. The molecule has 1 rings (SSSR count). The molecule has 1 aromatic carbocycles. The summed E-state index contributed by atoms with van der Waals surface area (Å²) in [6.45, 7) is 2.65. The first-order valence-electron chi connectivity index (χ1n) is 4.63. The standard InChI is InChI=1S/C10H14ClNO2S/c1-3-12(15(2,13)14)8-9-5-4-6-10(11)7-9/h4-7H,3,8H2,1-2H3. The molecule has 0 unspecified atom stereocenters. The van der Waals surface area contributed by atoms with Crippen LogP contribution >= 0.6 is 11.6 Å². The molecule has 0 amide bonds. The lowest BCUT2D eigenvalue weighted by atomic mass is 10.2. The minimum absolute atomic E-state index is 0.371. The van der Waals surface area contributed by atoms with Crippen LogP contribution < -0.4 is 0 Å². The second-order valence-corrected chi connectivity index (χ2v) is 5.74. The molecule has 0 heterocycles. The van der Waals surface area contributed by atoms with Gasteiger partial charge in [-0.1, -0.05) is 30.7 Å². The fourth-order valence-corrected chi connectivity index (χ4v) is 2.37. The van der Waals surface area contributed by atoms with Crippen LogP contribution in [0.1, 0.15) is 12.5 Å². The molecule has 15 heavy (non-hydrogen) atoms. The monoisotopic (exact) mass is 247 g/mol. The van der Waals surface area contributed by atoms with Crippen molar-refractivity contribution in [3.05, 3.63) is 34.9 Å².